The Kier molecular flexibility index (Phi) is 2.23. The van der Waals surface area contributed by atoms with Gasteiger partial charge < -0.3 is 15.4 Å². The Morgan fingerprint density at radius 1 is 1.53 bits per heavy atom. The highest BCUT2D eigenvalue weighted by Crippen LogP contribution is 2.49. The van der Waals surface area contributed by atoms with Crippen LogP contribution in [0, 0.1) is 5.92 Å². The largest absolute Gasteiger partial charge is 0.444 e. The average molecular weight is 212 g/mol. The van der Waals surface area contributed by atoms with Crippen molar-refractivity contribution < 1.29 is 9.53 Å². The van der Waals surface area contributed by atoms with Gasteiger partial charge in [-0.1, -0.05) is 0 Å². The molecule has 0 spiro atoms. The summed E-state index contributed by atoms with van der Waals surface area (Å²) < 4.78 is 5.26. The lowest BCUT2D eigenvalue weighted by Gasteiger charge is -2.25. The van der Waals surface area contributed by atoms with Crippen molar-refractivity contribution in [2.24, 2.45) is 5.92 Å². The predicted octanol–water partition coefficient (Wildman–Crippen LogP) is 1.26. The Morgan fingerprint density at radius 3 is 2.60 bits per heavy atom. The molecule has 1 heterocycles. The third-order valence-corrected chi connectivity index (χ3v) is 3.33. The van der Waals surface area contributed by atoms with Crippen molar-refractivity contribution >= 4 is 6.09 Å². The molecule has 3 atom stereocenters. The van der Waals surface area contributed by atoms with E-state index in [4.69, 9.17) is 4.74 Å². The summed E-state index contributed by atoms with van der Waals surface area (Å²) >= 11 is 0. The smallest absolute Gasteiger partial charge is 0.408 e. The van der Waals surface area contributed by atoms with E-state index in [0.717, 1.165) is 13.0 Å². The van der Waals surface area contributed by atoms with Crippen LogP contribution in [0.2, 0.25) is 0 Å². The van der Waals surface area contributed by atoms with E-state index in [2.05, 4.69) is 17.6 Å². The molecule has 15 heavy (non-hydrogen) atoms. The van der Waals surface area contributed by atoms with Crippen LogP contribution >= 0.6 is 0 Å². The van der Waals surface area contributed by atoms with Crippen LogP contribution in [0.25, 0.3) is 0 Å². The van der Waals surface area contributed by atoms with Gasteiger partial charge in [-0.15, -0.1) is 0 Å². The summed E-state index contributed by atoms with van der Waals surface area (Å²) in [5.41, 5.74) is -0.442. The van der Waals surface area contributed by atoms with Crippen molar-refractivity contribution in [2.45, 2.75) is 51.3 Å². The molecular formula is C11H20N2O2. The van der Waals surface area contributed by atoms with Gasteiger partial charge in [0.15, 0.2) is 0 Å². The SMILES string of the molecule is C[C@@H]1NC[C@@H]2C[C@@]21NC(=O)OC(C)(C)C. The molecule has 2 N–H and O–H groups in total. The summed E-state index contributed by atoms with van der Waals surface area (Å²) in [4.78, 5) is 11.6. The lowest BCUT2D eigenvalue weighted by atomic mass is 10.1. The number of ether oxygens (including phenoxy) is 1. The number of carbonyl (C=O) groups is 1. The van der Waals surface area contributed by atoms with Crippen LogP contribution in [0.1, 0.15) is 34.1 Å². The van der Waals surface area contributed by atoms with E-state index < -0.39 is 5.60 Å². The molecule has 86 valence electrons. The molecule has 0 aromatic rings. The summed E-state index contributed by atoms with van der Waals surface area (Å²) in [5.74, 6) is 0.597. The number of carbonyl (C=O) groups excluding carboxylic acids is 1. The fraction of sp³-hybridized carbons (Fsp3) is 0.909. The number of fused-ring (bicyclic) bond motifs is 1. The van der Waals surface area contributed by atoms with Gasteiger partial charge in [0.25, 0.3) is 0 Å². The van der Waals surface area contributed by atoms with Crippen LogP contribution in [0.5, 0.6) is 0 Å². The molecule has 1 aliphatic carbocycles. The van der Waals surface area contributed by atoms with E-state index in [9.17, 15) is 4.79 Å². The van der Waals surface area contributed by atoms with E-state index in [1.165, 1.54) is 0 Å². The highest BCUT2D eigenvalue weighted by molar-refractivity contribution is 5.70. The molecule has 0 aromatic heterocycles. The Morgan fingerprint density at radius 2 is 2.20 bits per heavy atom. The Hall–Kier alpha value is -0.770. The summed E-state index contributed by atoms with van der Waals surface area (Å²) in [6.07, 6.45) is 0.793. The summed E-state index contributed by atoms with van der Waals surface area (Å²) in [5, 5.41) is 6.37. The zero-order valence-electron chi connectivity index (χ0n) is 9.89. The molecule has 4 nitrogen and oxygen atoms in total. The van der Waals surface area contributed by atoms with Gasteiger partial charge in [-0.2, -0.15) is 0 Å². The molecule has 4 heteroatoms. The number of nitrogens with one attached hydrogen (secondary N) is 2. The number of hydrogen-bond donors (Lipinski definition) is 2. The molecular weight excluding hydrogens is 192 g/mol. The fourth-order valence-electron chi connectivity index (χ4n) is 2.39. The third kappa shape index (κ3) is 1.95. The Labute approximate surface area is 90.8 Å². The van der Waals surface area contributed by atoms with Crippen LogP contribution in [-0.4, -0.2) is 29.8 Å². The summed E-state index contributed by atoms with van der Waals surface area (Å²) in [6.45, 7) is 8.77. The predicted molar refractivity (Wildman–Crippen MR) is 57.7 cm³/mol. The maximum Gasteiger partial charge on any atom is 0.408 e. The van der Waals surface area contributed by atoms with Crippen molar-refractivity contribution in [3.63, 3.8) is 0 Å². The lowest BCUT2D eigenvalue weighted by molar-refractivity contribution is 0.0488. The minimum absolute atomic E-state index is 0.0255. The van der Waals surface area contributed by atoms with Crippen LogP contribution in [0.3, 0.4) is 0 Å². The molecule has 1 saturated heterocycles. The van der Waals surface area contributed by atoms with Crippen LogP contribution in [0.4, 0.5) is 4.79 Å². The quantitative estimate of drug-likeness (QED) is 0.688. The first-order valence-electron chi connectivity index (χ1n) is 5.58. The average Bonchev–Trinajstić information content (AvgIpc) is 2.64. The molecule has 1 saturated carbocycles. The molecule has 1 aliphatic heterocycles. The first kappa shape index (κ1) is 10.7. The molecule has 1 amide bonds. The molecule has 2 aliphatic rings. The van der Waals surface area contributed by atoms with Gasteiger partial charge >= 0.3 is 6.09 Å². The van der Waals surface area contributed by atoms with Crippen LogP contribution in [-0.2, 0) is 4.74 Å². The maximum atomic E-state index is 11.6. The van der Waals surface area contributed by atoms with Crippen LogP contribution < -0.4 is 10.6 Å². The normalized spacial score (nSPS) is 38.4. The number of hydrogen-bond acceptors (Lipinski definition) is 3. The lowest BCUT2D eigenvalue weighted by Crippen LogP contribution is -2.48. The van der Waals surface area contributed by atoms with Gasteiger partial charge in [0, 0.05) is 12.6 Å². The summed E-state index contributed by atoms with van der Waals surface area (Å²) in [7, 11) is 0. The van der Waals surface area contributed by atoms with Crippen molar-refractivity contribution in [2.75, 3.05) is 6.54 Å². The topological polar surface area (TPSA) is 50.4 Å². The maximum absolute atomic E-state index is 11.6. The highest BCUT2D eigenvalue weighted by Gasteiger charge is 2.62. The van der Waals surface area contributed by atoms with E-state index in [1.54, 1.807) is 0 Å². The molecule has 2 fully saturated rings. The van der Waals surface area contributed by atoms with E-state index >= 15 is 0 Å². The third-order valence-electron chi connectivity index (χ3n) is 3.33. The molecule has 2 rings (SSSR count). The van der Waals surface area contributed by atoms with Crippen molar-refractivity contribution in [1.82, 2.24) is 10.6 Å². The minimum Gasteiger partial charge on any atom is -0.444 e. The van der Waals surface area contributed by atoms with Crippen molar-refractivity contribution in [1.29, 1.82) is 0 Å². The van der Waals surface area contributed by atoms with E-state index in [0.29, 0.717) is 12.0 Å². The van der Waals surface area contributed by atoms with Crippen LogP contribution in [0.15, 0.2) is 0 Å². The number of piperidine rings is 1. The van der Waals surface area contributed by atoms with Crippen molar-refractivity contribution in [3.05, 3.63) is 0 Å². The molecule has 0 bridgehead atoms. The second-order valence-corrected chi connectivity index (χ2v) is 5.70. The molecule has 0 aromatic carbocycles. The Bertz CT molecular complexity index is 285. The zero-order chi connectivity index (χ0) is 11.3. The van der Waals surface area contributed by atoms with Gasteiger partial charge in [0.2, 0.25) is 0 Å². The van der Waals surface area contributed by atoms with E-state index in [1.807, 2.05) is 20.8 Å². The number of rotatable bonds is 1. The highest BCUT2D eigenvalue weighted by atomic mass is 16.6. The van der Waals surface area contributed by atoms with Gasteiger partial charge in [-0.25, -0.2) is 4.79 Å². The summed E-state index contributed by atoms with van der Waals surface area (Å²) in [6, 6.07) is 0.356. The van der Waals surface area contributed by atoms with E-state index in [-0.39, 0.29) is 11.6 Å². The Balaban J connectivity index is 1.90. The second-order valence-electron chi connectivity index (χ2n) is 5.70. The molecule has 0 radical (unpaired) electrons. The van der Waals surface area contributed by atoms with Gasteiger partial charge in [0.05, 0.1) is 5.54 Å². The first-order valence-corrected chi connectivity index (χ1v) is 5.58. The standard InChI is InChI=1S/C11H20N2O2/c1-7-11(5-8(11)6-12-7)13-9(14)15-10(2,3)4/h7-8,12H,5-6H2,1-4H3,(H,13,14)/t7-,8-,11-/m0/s1. The van der Waals surface area contributed by atoms with Crippen molar-refractivity contribution in [3.8, 4) is 0 Å². The first-order chi connectivity index (χ1) is 6.83. The molecule has 0 unspecified atom stereocenters. The second kappa shape index (κ2) is 3.11. The monoisotopic (exact) mass is 212 g/mol. The van der Waals surface area contributed by atoms with Gasteiger partial charge in [-0.3, -0.25) is 0 Å². The minimum atomic E-state index is -0.416. The van der Waals surface area contributed by atoms with Gasteiger partial charge in [0.1, 0.15) is 5.60 Å². The zero-order valence-corrected chi connectivity index (χ0v) is 9.89. The number of amides is 1. The van der Waals surface area contributed by atoms with Gasteiger partial charge in [-0.05, 0) is 40.0 Å². The fourth-order valence-corrected chi connectivity index (χ4v) is 2.39. The number of alkyl carbamates (subject to hydrolysis) is 1.